The van der Waals surface area contributed by atoms with Gasteiger partial charge in [0.1, 0.15) is 0 Å². The molecule has 0 unspecified atom stereocenters. The summed E-state index contributed by atoms with van der Waals surface area (Å²) in [7, 11) is 0. The average Bonchev–Trinajstić information content (AvgIpc) is 2.61. The minimum absolute atomic E-state index is 0.0533. The van der Waals surface area contributed by atoms with Gasteiger partial charge in [0, 0.05) is 12.6 Å². The number of hydroxylamine groups is 1. The fourth-order valence-corrected chi connectivity index (χ4v) is 2.74. The topological polar surface area (TPSA) is 78.4 Å². The third kappa shape index (κ3) is 6.39. The van der Waals surface area contributed by atoms with Gasteiger partial charge >= 0.3 is 0 Å². The van der Waals surface area contributed by atoms with E-state index < -0.39 is 5.91 Å². The Morgan fingerprint density at radius 2 is 1.56 bits per heavy atom. The number of rotatable bonds is 8. The smallest absolute Gasteiger partial charge is 0.247 e. The molecule has 2 aromatic rings. The first-order chi connectivity index (χ1) is 12.1. The van der Waals surface area contributed by atoms with Crippen LogP contribution in [-0.4, -0.2) is 17.0 Å². The standard InChI is InChI=1S/C20H24N2O3/c1-15(23)21-19-9-5-4-8-18(19)7-3-2-6-16-10-12-17(13-11-16)14-20(24)22-25/h4-5,8-13,25H,2-3,6-7,14H2,1H3,(H,21,23)(H,22,24). The molecule has 2 amide bonds. The number of anilines is 1. The monoisotopic (exact) mass is 340 g/mol. The summed E-state index contributed by atoms with van der Waals surface area (Å²) in [4.78, 5) is 22.4. The van der Waals surface area contributed by atoms with Gasteiger partial charge in [0.15, 0.2) is 0 Å². The third-order valence-corrected chi connectivity index (χ3v) is 4.00. The van der Waals surface area contributed by atoms with Gasteiger partial charge in [-0.05, 0) is 48.4 Å². The van der Waals surface area contributed by atoms with Crippen LogP contribution in [0.25, 0.3) is 0 Å². The second kappa shape index (κ2) is 9.59. The Balaban J connectivity index is 1.80. The van der Waals surface area contributed by atoms with Crippen LogP contribution < -0.4 is 10.8 Å². The van der Waals surface area contributed by atoms with Gasteiger partial charge in [-0.2, -0.15) is 0 Å². The van der Waals surface area contributed by atoms with Crippen molar-refractivity contribution in [1.29, 1.82) is 0 Å². The van der Waals surface area contributed by atoms with Crippen molar-refractivity contribution < 1.29 is 14.8 Å². The lowest BCUT2D eigenvalue weighted by Gasteiger charge is -2.09. The van der Waals surface area contributed by atoms with Gasteiger partial charge < -0.3 is 5.32 Å². The number of hydrogen-bond donors (Lipinski definition) is 3. The Labute approximate surface area is 148 Å². The van der Waals surface area contributed by atoms with Crippen LogP contribution in [0.2, 0.25) is 0 Å². The molecule has 5 heteroatoms. The summed E-state index contributed by atoms with van der Waals surface area (Å²) in [6.45, 7) is 1.52. The predicted octanol–water partition coefficient (Wildman–Crippen LogP) is 3.26. The van der Waals surface area contributed by atoms with Gasteiger partial charge in [-0.25, -0.2) is 5.48 Å². The summed E-state index contributed by atoms with van der Waals surface area (Å²) in [5.41, 5.74) is 5.78. The number of amides is 2. The van der Waals surface area contributed by atoms with E-state index >= 15 is 0 Å². The van der Waals surface area contributed by atoms with E-state index in [0.29, 0.717) is 0 Å². The Bertz CT molecular complexity index is 711. The average molecular weight is 340 g/mol. The van der Waals surface area contributed by atoms with Gasteiger partial charge in [0.25, 0.3) is 0 Å². The molecule has 25 heavy (non-hydrogen) atoms. The number of para-hydroxylation sites is 1. The highest BCUT2D eigenvalue weighted by Gasteiger charge is 2.04. The van der Waals surface area contributed by atoms with Crippen molar-refractivity contribution in [2.24, 2.45) is 0 Å². The molecular weight excluding hydrogens is 316 g/mol. The predicted molar refractivity (Wildman–Crippen MR) is 97.5 cm³/mol. The van der Waals surface area contributed by atoms with E-state index in [9.17, 15) is 9.59 Å². The second-order valence-corrected chi connectivity index (χ2v) is 6.07. The van der Waals surface area contributed by atoms with Crippen molar-refractivity contribution in [2.75, 3.05) is 5.32 Å². The van der Waals surface area contributed by atoms with E-state index in [1.165, 1.54) is 12.5 Å². The summed E-state index contributed by atoms with van der Waals surface area (Å²) in [6, 6.07) is 15.8. The first kappa shape index (κ1) is 18.7. The SMILES string of the molecule is CC(=O)Nc1ccccc1CCCCc1ccc(CC(=O)NO)cc1. The summed E-state index contributed by atoms with van der Waals surface area (Å²) in [5, 5.41) is 11.4. The molecule has 0 bridgehead atoms. The van der Waals surface area contributed by atoms with Crippen LogP contribution in [0.4, 0.5) is 5.69 Å². The van der Waals surface area contributed by atoms with Crippen molar-refractivity contribution in [3.05, 3.63) is 65.2 Å². The van der Waals surface area contributed by atoms with Gasteiger partial charge in [0.2, 0.25) is 11.8 Å². The van der Waals surface area contributed by atoms with E-state index in [1.54, 1.807) is 5.48 Å². The molecule has 2 aromatic carbocycles. The maximum atomic E-state index is 11.2. The summed E-state index contributed by atoms with van der Waals surface area (Å²) in [6.07, 6.45) is 4.15. The molecule has 0 radical (unpaired) electrons. The lowest BCUT2D eigenvalue weighted by molar-refractivity contribution is -0.128. The molecule has 0 aliphatic rings. The molecule has 0 heterocycles. The van der Waals surface area contributed by atoms with Crippen LogP contribution in [0, 0.1) is 0 Å². The highest BCUT2D eigenvalue weighted by molar-refractivity contribution is 5.89. The molecule has 0 aliphatic carbocycles. The highest BCUT2D eigenvalue weighted by Crippen LogP contribution is 2.18. The Kier molecular flexibility index (Phi) is 7.16. The van der Waals surface area contributed by atoms with Gasteiger partial charge in [-0.15, -0.1) is 0 Å². The molecule has 0 aromatic heterocycles. The third-order valence-electron chi connectivity index (χ3n) is 4.00. The Morgan fingerprint density at radius 1 is 0.920 bits per heavy atom. The number of hydrogen-bond acceptors (Lipinski definition) is 3. The number of carbonyl (C=O) groups excluding carboxylic acids is 2. The maximum absolute atomic E-state index is 11.2. The quantitative estimate of drug-likeness (QED) is 0.392. The number of benzene rings is 2. The molecule has 2 rings (SSSR count). The molecule has 3 N–H and O–H groups in total. The van der Waals surface area contributed by atoms with Crippen molar-refractivity contribution in [1.82, 2.24) is 5.48 Å². The van der Waals surface area contributed by atoms with E-state index in [4.69, 9.17) is 5.21 Å². The van der Waals surface area contributed by atoms with Crippen molar-refractivity contribution in [3.63, 3.8) is 0 Å². The number of carbonyl (C=O) groups is 2. The summed E-state index contributed by atoms with van der Waals surface area (Å²) < 4.78 is 0. The van der Waals surface area contributed by atoms with Crippen LogP contribution in [0.1, 0.15) is 36.5 Å². The number of unbranched alkanes of at least 4 members (excludes halogenated alkanes) is 1. The van der Waals surface area contributed by atoms with Gasteiger partial charge in [-0.3, -0.25) is 14.8 Å². The van der Waals surface area contributed by atoms with Crippen LogP contribution in [0.5, 0.6) is 0 Å². The molecule has 0 saturated carbocycles. The minimum Gasteiger partial charge on any atom is -0.326 e. The fourth-order valence-electron chi connectivity index (χ4n) is 2.74. The molecule has 132 valence electrons. The summed E-state index contributed by atoms with van der Waals surface area (Å²) in [5.74, 6) is -0.465. The first-order valence-electron chi connectivity index (χ1n) is 8.44. The highest BCUT2D eigenvalue weighted by atomic mass is 16.5. The molecule has 0 saturated heterocycles. The zero-order valence-corrected chi connectivity index (χ0v) is 14.4. The molecule has 0 aliphatic heterocycles. The molecule has 5 nitrogen and oxygen atoms in total. The van der Waals surface area contributed by atoms with Crippen LogP contribution in [0.3, 0.4) is 0 Å². The molecule has 0 spiro atoms. The Morgan fingerprint density at radius 3 is 2.24 bits per heavy atom. The van der Waals surface area contributed by atoms with Gasteiger partial charge in [0.05, 0.1) is 6.42 Å². The molecule has 0 atom stereocenters. The minimum atomic E-state index is -0.411. The van der Waals surface area contributed by atoms with Crippen LogP contribution >= 0.6 is 0 Å². The maximum Gasteiger partial charge on any atom is 0.247 e. The Hall–Kier alpha value is -2.66. The first-order valence-corrected chi connectivity index (χ1v) is 8.44. The summed E-state index contributed by atoms with van der Waals surface area (Å²) >= 11 is 0. The lowest BCUT2D eigenvalue weighted by Crippen LogP contribution is -2.20. The zero-order chi connectivity index (χ0) is 18.1. The normalized spacial score (nSPS) is 10.3. The van der Waals surface area contributed by atoms with E-state index in [0.717, 1.165) is 42.5 Å². The van der Waals surface area contributed by atoms with Gasteiger partial charge in [-0.1, -0.05) is 42.5 Å². The van der Waals surface area contributed by atoms with Crippen molar-refractivity contribution in [2.45, 2.75) is 39.0 Å². The second-order valence-electron chi connectivity index (χ2n) is 6.07. The zero-order valence-electron chi connectivity index (χ0n) is 14.4. The van der Waals surface area contributed by atoms with Crippen LogP contribution in [-0.2, 0) is 28.9 Å². The van der Waals surface area contributed by atoms with E-state index in [1.807, 2.05) is 48.5 Å². The van der Waals surface area contributed by atoms with E-state index in [-0.39, 0.29) is 12.3 Å². The molecular formula is C20H24N2O3. The fraction of sp³-hybridized carbons (Fsp3) is 0.300. The number of nitrogens with one attached hydrogen (secondary N) is 2. The van der Waals surface area contributed by atoms with Crippen LogP contribution in [0.15, 0.2) is 48.5 Å². The van der Waals surface area contributed by atoms with Crippen molar-refractivity contribution in [3.8, 4) is 0 Å². The number of aryl methyl sites for hydroxylation is 2. The van der Waals surface area contributed by atoms with Crippen molar-refractivity contribution >= 4 is 17.5 Å². The largest absolute Gasteiger partial charge is 0.326 e. The van der Waals surface area contributed by atoms with E-state index in [2.05, 4.69) is 5.32 Å². The lowest BCUT2D eigenvalue weighted by atomic mass is 10.0. The molecule has 0 fully saturated rings.